The van der Waals surface area contributed by atoms with E-state index >= 15 is 4.39 Å². The Labute approximate surface area is 303 Å². The molecule has 2 unspecified atom stereocenters. The average Bonchev–Trinajstić information content (AvgIpc) is 3.63. The second-order valence-electron chi connectivity index (χ2n) is 14.6. The maximum Gasteiger partial charge on any atom is 0.249 e. The van der Waals surface area contributed by atoms with Crippen molar-refractivity contribution in [1.29, 1.82) is 0 Å². The van der Waals surface area contributed by atoms with Crippen LogP contribution in [0.3, 0.4) is 0 Å². The number of rotatable bonds is 8. The zero-order valence-corrected chi connectivity index (χ0v) is 28.9. The Morgan fingerprint density at radius 3 is 2.26 bits per heavy atom. The largest absolute Gasteiger partial charge is 0.457 e. The van der Waals surface area contributed by atoms with E-state index in [0.29, 0.717) is 48.5 Å². The smallest absolute Gasteiger partial charge is 0.249 e. The van der Waals surface area contributed by atoms with Crippen LogP contribution < -0.4 is 15.8 Å². The standard InChI is InChI=1S/C37H39FN10O5/c38-26-19-44(22-15-45(16-22)23-17-46(18-23)29-14-31(50)47(37(29)52)28-10-11-30(49)42-36(28)51)13-12-27(26)48-35-32(34(39)40-20-41-35)33(43-48)21-6-8-25(9-7-21)53-24-4-2-1-3-5-24/h1-9,20,22-23,26-29H,10-19H2,(H2,39,40,41)(H,42,49,51)/t26-,27+,28?,29?/m0/s1. The number of carbonyl (C=O) groups is 4. The predicted molar refractivity (Wildman–Crippen MR) is 189 cm³/mol. The van der Waals surface area contributed by atoms with Crippen molar-refractivity contribution in [2.75, 3.05) is 45.0 Å². The minimum absolute atomic E-state index is 0.0421. The van der Waals surface area contributed by atoms with Crippen LogP contribution in [-0.2, 0) is 19.2 Å². The minimum atomic E-state index is -1.18. The molecule has 4 amide bonds. The third-order valence-corrected chi connectivity index (χ3v) is 11.4. The van der Waals surface area contributed by atoms with Gasteiger partial charge in [0.1, 0.15) is 41.6 Å². The highest BCUT2D eigenvalue weighted by atomic mass is 19.1. The summed E-state index contributed by atoms with van der Waals surface area (Å²) in [6.45, 7) is 3.89. The van der Waals surface area contributed by atoms with Crippen LogP contribution in [0.2, 0.25) is 0 Å². The number of nitrogens with two attached hydrogens (primary N) is 1. The normalized spacial score (nSPS) is 26.5. The summed E-state index contributed by atoms with van der Waals surface area (Å²) >= 11 is 0. The number of nitrogen functional groups attached to an aromatic ring is 1. The zero-order valence-electron chi connectivity index (χ0n) is 28.9. The fourth-order valence-corrected chi connectivity index (χ4v) is 8.42. The quantitative estimate of drug-likeness (QED) is 0.253. The molecular weight excluding hydrogens is 683 g/mol. The van der Waals surface area contributed by atoms with Crippen molar-refractivity contribution >= 4 is 40.5 Å². The van der Waals surface area contributed by atoms with E-state index in [1.165, 1.54) is 6.33 Å². The van der Waals surface area contributed by atoms with E-state index in [-0.39, 0.29) is 61.4 Å². The van der Waals surface area contributed by atoms with Crippen LogP contribution in [0.25, 0.3) is 22.3 Å². The number of carbonyl (C=O) groups excluding carboxylic acids is 4. The Morgan fingerprint density at radius 2 is 1.53 bits per heavy atom. The van der Waals surface area contributed by atoms with Gasteiger partial charge < -0.3 is 10.5 Å². The number of nitrogens with one attached hydrogen (secondary N) is 1. The molecule has 2 aromatic carbocycles. The van der Waals surface area contributed by atoms with Crippen LogP contribution in [0.15, 0.2) is 60.9 Å². The second-order valence-corrected chi connectivity index (χ2v) is 14.6. The number of halogens is 1. The number of benzene rings is 2. The molecule has 4 aromatic rings. The first kappa shape index (κ1) is 33.5. The predicted octanol–water partition coefficient (Wildman–Crippen LogP) is 1.75. The van der Waals surface area contributed by atoms with Crippen LogP contribution in [0.4, 0.5) is 10.2 Å². The first-order valence-electron chi connectivity index (χ1n) is 18.1. The van der Waals surface area contributed by atoms with Gasteiger partial charge in [0.2, 0.25) is 23.6 Å². The minimum Gasteiger partial charge on any atom is -0.457 e. The number of piperidine rings is 2. The monoisotopic (exact) mass is 722 g/mol. The van der Waals surface area contributed by atoms with Crippen LogP contribution in [0, 0.1) is 0 Å². The van der Waals surface area contributed by atoms with Crippen molar-refractivity contribution in [2.45, 2.75) is 62.1 Å². The summed E-state index contributed by atoms with van der Waals surface area (Å²) in [5, 5.41) is 7.72. The third-order valence-electron chi connectivity index (χ3n) is 11.4. The molecule has 5 aliphatic rings. The maximum absolute atomic E-state index is 16.1. The van der Waals surface area contributed by atoms with E-state index in [1.54, 1.807) is 4.68 Å². The molecule has 15 nitrogen and oxygen atoms in total. The Kier molecular flexibility index (Phi) is 8.39. The maximum atomic E-state index is 16.1. The number of amides is 4. The molecule has 3 N–H and O–H groups in total. The number of hydrogen-bond acceptors (Lipinski definition) is 12. The summed E-state index contributed by atoms with van der Waals surface area (Å²) in [5.74, 6) is -0.0193. The fraction of sp³-hybridized carbons (Fsp3) is 0.432. The highest BCUT2D eigenvalue weighted by Crippen LogP contribution is 2.37. The highest BCUT2D eigenvalue weighted by molar-refractivity contribution is 6.11. The number of para-hydroxylation sites is 1. The summed E-state index contributed by atoms with van der Waals surface area (Å²) in [6.07, 6.45) is 1.07. The van der Waals surface area contributed by atoms with Crippen molar-refractivity contribution in [3.05, 3.63) is 60.9 Å². The Bertz CT molecular complexity index is 2080. The van der Waals surface area contributed by atoms with Crippen molar-refractivity contribution in [1.82, 2.24) is 44.7 Å². The zero-order chi connectivity index (χ0) is 36.4. The number of ether oxygens (including phenoxy) is 1. The van der Waals surface area contributed by atoms with E-state index in [1.807, 2.05) is 59.5 Å². The molecule has 5 fully saturated rings. The first-order valence-corrected chi connectivity index (χ1v) is 18.1. The molecule has 0 spiro atoms. The molecule has 7 heterocycles. The first-order chi connectivity index (χ1) is 25.7. The number of nitrogens with zero attached hydrogens (tertiary/aromatic N) is 8. The average molecular weight is 723 g/mol. The lowest BCUT2D eigenvalue weighted by Gasteiger charge is -2.55. The molecule has 53 heavy (non-hydrogen) atoms. The summed E-state index contributed by atoms with van der Waals surface area (Å²) in [6, 6.07) is 15.5. The number of anilines is 1. The number of alkyl halides is 1. The molecule has 4 atom stereocenters. The van der Waals surface area contributed by atoms with E-state index < -0.39 is 30.2 Å². The van der Waals surface area contributed by atoms with E-state index in [4.69, 9.17) is 15.6 Å². The Hall–Kier alpha value is -5.32. The number of likely N-dealkylation sites (tertiary alicyclic amines) is 4. The van der Waals surface area contributed by atoms with Gasteiger partial charge in [0.15, 0.2) is 5.65 Å². The fourth-order valence-electron chi connectivity index (χ4n) is 8.42. The van der Waals surface area contributed by atoms with Gasteiger partial charge in [0.05, 0.1) is 23.9 Å². The summed E-state index contributed by atoms with van der Waals surface area (Å²) in [5.41, 5.74) is 8.24. The van der Waals surface area contributed by atoms with Gasteiger partial charge in [-0.1, -0.05) is 18.2 Å². The second kappa shape index (κ2) is 13.3. The van der Waals surface area contributed by atoms with Gasteiger partial charge in [-0.15, -0.1) is 0 Å². The van der Waals surface area contributed by atoms with Crippen LogP contribution in [0.1, 0.15) is 31.7 Å². The van der Waals surface area contributed by atoms with Gasteiger partial charge in [0, 0.05) is 63.3 Å². The molecule has 0 saturated carbocycles. The summed E-state index contributed by atoms with van der Waals surface area (Å²) < 4.78 is 23.8. The van der Waals surface area contributed by atoms with Gasteiger partial charge in [-0.05, 0) is 49.2 Å². The van der Waals surface area contributed by atoms with E-state index in [9.17, 15) is 19.2 Å². The number of aromatic nitrogens is 4. The molecule has 5 aliphatic heterocycles. The molecule has 274 valence electrons. The number of fused-ring (bicyclic) bond motifs is 1. The molecule has 0 bridgehead atoms. The van der Waals surface area contributed by atoms with Gasteiger partial charge >= 0.3 is 0 Å². The summed E-state index contributed by atoms with van der Waals surface area (Å²) in [7, 11) is 0. The van der Waals surface area contributed by atoms with Gasteiger partial charge in [-0.25, -0.2) is 19.0 Å². The van der Waals surface area contributed by atoms with Crippen LogP contribution in [0.5, 0.6) is 11.5 Å². The van der Waals surface area contributed by atoms with Crippen molar-refractivity contribution in [2.24, 2.45) is 0 Å². The van der Waals surface area contributed by atoms with E-state index in [2.05, 4.69) is 25.1 Å². The molecular formula is C37H39FN10O5. The molecule has 9 rings (SSSR count). The van der Waals surface area contributed by atoms with Crippen LogP contribution >= 0.6 is 0 Å². The molecule has 16 heteroatoms. The SMILES string of the molecule is Nc1ncnc2c1c(-c1ccc(Oc3ccccc3)cc1)nn2[C@@H]1CCN(C2CN(C3CN(C4CC(=O)N(C5CCC(=O)NC5=O)C4=O)C3)C2)C[C@@H]1F. The van der Waals surface area contributed by atoms with Crippen molar-refractivity contribution in [3.63, 3.8) is 0 Å². The van der Waals surface area contributed by atoms with Crippen LogP contribution in [-0.4, -0.2) is 133 Å². The lowest BCUT2D eigenvalue weighted by molar-refractivity contribution is -0.152. The molecule has 0 aliphatic carbocycles. The molecule has 0 radical (unpaired) electrons. The van der Waals surface area contributed by atoms with E-state index in [0.717, 1.165) is 29.3 Å². The highest BCUT2D eigenvalue weighted by Gasteiger charge is 2.52. The number of hydrogen-bond donors (Lipinski definition) is 2. The van der Waals surface area contributed by atoms with Gasteiger partial charge in [-0.3, -0.25) is 44.1 Å². The molecule has 2 aromatic heterocycles. The lowest BCUT2D eigenvalue weighted by atomic mass is 9.94. The van der Waals surface area contributed by atoms with Gasteiger partial charge in [-0.2, -0.15) is 5.10 Å². The topological polar surface area (TPSA) is 172 Å². The van der Waals surface area contributed by atoms with Crippen molar-refractivity contribution in [3.8, 4) is 22.8 Å². The Morgan fingerprint density at radius 1 is 0.811 bits per heavy atom. The lowest BCUT2D eigenvalue weighted by Crippen LogP contribution is -2.72. The third kappa shape index (κ3) is 5.99. The number of imide groups is 2. The summed E-state index contributed by atoms with van der Waals surface area (Å²) in [4.78, 5) is 66.2. The Balaban J connectivity index is 0.804. The molecule has 5 saturated heterocycles. The van der Waals surface area contributed by atoms with Gasteiger partial charge in [0.25, 0.3) is 0 Å². The van der Waals surface area contributed by atoms with Crippen molar-refractivity contribution < 1.29 is 28.3 Å².